The molecule has 147 heavy (non-hydrogen) atoms. The second kappa shape index (κ2) is 102. The van der Waals surface area contributed by atoms with Crippen LogP contribution in [0.15, 0.2) is 0 Å². The number of aliphatic hydroxyl groups is 28. The van der Waals surface area contributed by atoms with Gasteiger partial charge >= 0.3 is 29.8 Å². The van der Waals surface area contributed by atoms with Crippen molar-refractivity contribution in [3.8, 4) is 0 Å². The van der Waals surface area contributed by atoms with Crippen molar-refractivity contribution in [3.05, 3.63) is 0 Å². The van der Waals surface area contributed by atoms with E-state index in [0.717, 1.165) is 64.2 Å². The summed E-state index contributed by atoms with van der Waals surface area (Å²) in [6.07, 6.45) is 29.1. The predicted octanol–water partition coefficient (Wildman–Crippen LogP) is 2.18. The molecular formula is C102H204O45. The molecule has 7 rings (SSSR count). The number of hydrogen-bond donors (Lipinski definition) is 33. The molecule has 28 atom stereocenters. The summed E-state index contributed by atoms with van der Waals surface area (Å²) in [5, 5.41) is 291. The molecule has 0 radical (unpaired) electrons. The molecule has 0 aromatic rings. The number of carboxylic acid groups (broad SMARTS) is 5. The smallest absolute Gasteiger partial charge is 0.303 e. The Hall–Kier alpha value is -4.05. The normalized spacial score (nSPS) is 26.4. The van der Waals surface area contributed by atoms with E-state index in [-0.39, 0.29) is 46.2 Å². The van der Waals surface area contributed by atoms with Gasteiger partial charge < -0.3 is 202 Å². The summed E-state index contributed by atoms with van der Waals surface area (Å²) in [5.41, 5.74) is 0. The fourth-order valence-electron chi connectivity index (χ4n) is 15.4. The minimum absolute atomic E-state index is 0.00287. The van der Waals surface area contributed by atoms with Crippen LogP contribution in [0, 0.1) is 0 Å². The number of carbonyl (C=O) groups is 5. The van der Waals surface area contributed by atoms with Crippen molar-refractivity contribution in [3.63, 3.8) is 0 Å². The van der Waals surface area contributed by atoms with E-state index in [2.05, 4.69) is 34.6 Å². The number of carboxylic acids is 5. The van der Waals surface area contributed by atoms with Gasteiger partial charge in [0.05, 0.1) is 92.5 Å². The van der Waals surface area contributed by atoms with Crippen LogP contribution in [0.1, 0.15) is 356 Å². The number of ether oxygens (including phenoxy) is 7. The number of aliphatic hydroxyl groups excluding tert-OH is 28. The van der Waals surface area contributed by atoms with E-state index < -0.39 is 247 Å². The van der Waals surface area contributed by atoms with Gasteiger partial charge in [-0.15, -0.1) is 0 Å². The number of hydrogen-bond acceptors (Lipinski definition) is 40. The molecule has 45 heteroatoms. The highest BCUT2D eigenvalue weighted by Crippen LogP contribution is 2.25. The first kappa shape index (κ1) is 151. The van der Waals surface area contributed by atoms with Crippen LogP contribution in [-0.2, 0) is 57.1 Å². The van der Waals surface area contributed by atoms with E-state index in [1.807, 2.05) is 0 Å². The van der Waals surface area contributed by atoms with Gasteiger partial charge in [-0.25, -0.2) is 0 Å². The summed E-state index contributed by atoms with van der Waals surface area (Å²) in [6.45, 7) is 7.82. The van der Waals surface area contributed by atoms with E-state index in [0.29, 0.717) is 32.1 Å². The van der Waals surface area contributed by atoms with Gasteiger partial charge in [-0.3, -0.25) is 24.0 Å². The van der Waals surface area contributed by atoms with Gasteiger partial charge in [0.15, 0.2) is 0 Å². The second-order valence-electron chi connectivity index (χ2n) is 38.1. The van der Waals surface area contributed by atoms with Crippen LogP contribution in [0.5, 0.6) is 0 Å². The van der Waals surface area contributed by atoms with Gasteiger partial charge in [-0.1, -0.05) is 291 Å². The maximum absolute atomic E-state index is 10.2. The zero-order valence-corrected chi connectivity index (χ0v) is 88.6. The van der Waals surface area contributed by atoms with Crippen LogP contribution >= 0.6 is 0 Å². The maximum Gasteiger partial charge on any atom is 0.303 e. The Morgan fingerprint density at radius 1 is 0.177 bits per heavy atom. The predicted molar refractivity (Wildman–Crippen MR) is 541 cm³/mol. The zero-order chi connectivity index (χ0) is 112. The van der Waals surface area contributed by atoms with Gasteiger partial charge in [0.1, 0.15) is 171 Å². The zero-order valence-electron chi connectivity index (χ0n) is 88.6. The van der Waals surface area contributed by atoms with Gasteiger partial charge in [0.2, 0.25) is 0 Å². The molecule has 7 saturated heterocycles. The SMILES string of the molecule is CCCCCCCCCCCC(=O)O.CCCCCCCCCCCC(=O)O.CCCCCCCCCCCC(=O)O.CCCCCCCCCCCC(=O)O.CCCCCCCCCCCC(=O)O.OC[C@@H](O)[C@H]1OC[C@H](O)[C@H]1O.OC[C@@H](O)[C@H]1OC[C@H](O)[C@H]1O.OC[C@@H](O)[C@H]1OC[C@H](O)[C@H]1O.OC[C@@H](O)[C@H]1OC[C@H](O)[C@H]1O.OC[C@@H](O)[C@H]1OC[C@H](O)[C@H]1O.OC[C@@H](O)[C@H]1OC[C@H](O)[C@H]1O.OC[C@@H](O)[C@H]1OC[C@H](O)[C@H]1O. The van der Waals surface area contributed by atoms with Crippen molar-refractivity contribution in [1.29, 1.82) is 0 Å². The van der Waals surface area contributed by atoms with E-state index in [9.17, 15) is 24.0 Å². The maximum atomic E-state index is 10.2. The summed E-state index contributed by atoms with van der Waals surface area (Å²) in [6, 6.07) is 0. The first-order valence-electron chi connectivity index (χ1n) is 54.0. The Labute approximate surface area is 870 Å². The monoisotopic (exact) mass is 2150 g/mol. The second-order valence-corrected chi connectivity index (χ2v) is 38.1. The van der Waals surface area contributed by atoms with Crippen LogP contribution in [0.4, 0.5) is 0 Å². The van der Waals surface area contributed by atoms with Gasteiger partial charge in [0.25, 0.3) is 0 Å². The molecule has 7 aliphatic heterocycles. The molecule has 0 unspecified atom stereocenters. The van der Waals surface area contributed by atoms with Crippen LogP contribution in [0.25, 0.3) is 0 Å². The first-order valence-corrected chi connectivity index (χ1v) is 54.0. The molecular weight excluding hydrogens is 1950 g/mol. The molecule has 7 heterocycles. The lowest BCUT2D eigenvalue weighted by Gasteiger charge is -2.18. The molecule has 0 aromatic carbocycles. The van der Waals surface area contributed by atoms with Crippen LogP contribution in [-0.4, -0.2) is 462 Å². The van der Waals surface area contributed by atoms with Crippen molar-refractivity contribution < 1.29 is 226 Å². The number of aliphatic carboxylic acids is 5. The standard InChI is InChI=1S/5C12H24O2.7C6H12O5/c5*1-2-3-4-5-6-7-8-9-10-11-12(13)14;7*7-1-3(8)6-5(10)4(9)2-11-6/h5*2-11H2,1H3,(H,13,14);7*3-10H,1-2H2/t;;;;;7*3-,4+,5-,6-/m.....1111111/s1. The molecule has 0 aliphatic carbocycles. The average Bonchev–Trinajstić information content (AvgIpc) is 1.77. The molecule has 33 N–H and O–H groups in total. The van der Waals surface area contributed by atoms with E-state index in [1.165, 1.54) is 225 Å². The highest BCUT2D eigenvalue weighted by Gasteiger charge is 2.44. The molecule has 45 nitrogen and oxygen atoms in total. The Balaban J connectivity index is -0.000000499. The highest BCUT2D eigenvalue weighted by atomic mass is 16.6. The molecule has 7 fully saturated rings. The molecule has 882 valence electrons. The van der Waals surface area contributed by atoms with Crippen molar-refractivity contribution in [2.45, 2.75) is 527 Å². The van der Waals surface area contributed by atoms with Crippen LogP contribution in [0.3, 0.4) is 0 Å². The summed E-state index contributed by atoms with van der Waals surface area (Å²) in [7, 11) is 0. The van der Waals surface area contributed by atoms with Gasteiger partial charge in [0, 0.05) is 32.1 Å². The van der Waals surface area contributed by atoms with Crippen molar-refractivity contribution >= 4 is 29.8 Å². The molecule has 7 aliphatic rings. The third-order valence-electron chi connectivity index (χ3n) is 24.8. The largest absolute Gasteiger partial charge is 0.481 e. The summed E-state index contributed by atoms with van der Waals surface area (Å²) in [5.74, 6) is -3.30. The first-order chi connectivity index (χ1) is 70.0. The quantitative estimate of drug-likeness (QED) is 0.0388. The Kier molecular flexibility index (Phi) is 105. The van der Waals surface area contributed by atoms with Crippen molar-refractivity contribution in [1.82, 2.24) is 0 Å². The lowest BCUT2D eigenvalue weighted by Crippen LogP contribution is -2.40. The van der Waals surface area contributed by atoms with Crippen LogP contribution in [0.2, 0.25) is 0 Å². The van der Waals surface area contributed by atoms with Crippen LogP contribution < -0.4 is 0 Å². The van der Waals surface area contributed by atoms with Gasteiger partial charge in [-0.2, -0.15) is 0 Å². The van der Waals surface area contributed by atoms with Gasteiger partial charge in [-0.05, 0) is 32.1 Å². The van der Waals surface area contributed by atoms with Crippen molar-refractivity contribution in [2.24, 2.45) is 0 Å². The lowest BCUT2D eigenvalue weighted by molar-refractivity contribution is -0.138. The topological polar surface area (TPSA) is 818 Å². The minimum Gasteiger partial charge on any atom is -0.481 e. The molecule has 0 spiro atoms. The number of rotatable bonds is 64. The summed E-state index contributed by atoms with van der Waals surface area (Å²) >= 11 is 0. The fourth-order valence-corrected chi connectivity index (χ4v) is 15.4. The fraction of sp³-hybridized carbons (Fsp3) is 0.951. The third-order valence-corrected chi connectivity index (χ3v) is 24.8. The minimum atomic E-state index is -1.12. The molecule has 0 bridgehead atoms. The van der Waals surface area contributed by atoms with E-state index in [1.54, 1.807) is 0 Å². The Morgan fingerprint density at radius 2 is 0.265 bits per heavy atom. The summed E-state index contributed by atoms with van der Waals surface area (Å²) < 4.78 is 33.7. The average molecular weight is 2150 g/mol. The highest BCUT2D eigenvalue weighted by molar-refractivity contribution is 5.67. The molecule has 0 aromatic heterocycles. The molecule has 0 amide bonds. The Bertz CT molecular complexity index is 2420. The molecule has 0 saturated carbocycles. The summed E-state index contributed by atoms with van der Waals surface area (Å²) in [4.78, 5) is 51.0. The lowest BCUT2D eigenvalue weighted by atomic mass is 10.1. The number of unbranched alkanes of at least 4 members (excludes halogenated alkanes) is 40. The Morgan fingerprint density at radius 3 is 0.333 bits per heavy atom. The third kappa shape index (κ3) is 82.2. The van der Waals surface area contributed by atoms with Crippen molar-refractivity contribution in [2.75, 3.05) is 92.5 Å². The van der Waals surface area contributed by atoms with E-state index >= 15 is 0 Å². The van der Waals surface area contributed by atoms with E-state index in [4.69, 9.17) is 202 Å².